The number of sulfone groups is 1. The van der Waals surface area contributed by atoms with Crippen molar-refractivity contribution in [2.45, 2.75) is 37.5 Å². The third-order valence-corrected chi connectivity index (χ3v) is 8.35. The maximum atomic E-state index is 12.7. The van der Waals surface area contributed by atoms with E-state index < -0.39 is 24.6 Å². The molecule has 0 unspecified atom stereocenters. The molecule has 2 aliphatic rings. The summed E-state index contributed by atoms with van der Waals surface area (Å²) in [6, 6.07) is -0.173. The molecule has 0 radical (unpaired) electrons. The minimum atomic E-state index is -3.40. The molecule has 1 N–H and O–H groups in total. The first-order chi connectivity index (χ1) is 8.66. The molecule has 0 aromatic heterocycles. The predicted molar refractivity (Wildman–Crippen MR) is 74.3 cm³/mol. The minimum absolute atomic E-state index is 0.0948. The Morgan fingerprint density at radius 3 is 2.26 bits per heavy atom. The van der Waals surface area contributed by atoms with Gasteiger partial charge < -0.3 is 5.32 Å². The fourth-order valence-corrected chi connectivity index (χ4v) is 5.97. The second-order valence-corrected chi connectivity index (χ2v) is 10.8. The van der Waals surface area contributed by atoms with Crippen LogP contribution in [0.25, 0.3) is 0 Å². The molecule has 0 saturated carbocycles. The van der Waals surface area contributed by atoms with Crippen LogP contribution < -0.4 is 5.32 Å². The molecule has 19 heavy (non-hydrogen) atoms. The van der Waals surface area contributed by atoms with Crippen molar-refractivity contribution in [2.24, 2.45) is 0 Å². The van der Waals surface area contributed by atoms with Crippen molar-refractivity contribution in [3.8, 4) is 0 Å². The number of sulfonamides is 1. The highest BCUT2D eigenvalue weighted by Gasteiger charge is 2.44. The Balaban J connectivity index is 2.23. The highest BCUT2D eigenvalue weighted by molar-refractivity contribution is 7.91. The Hall–Kier alpha value is -0.180. The number of nitrogens with zero attached hydrogens (tertiary/aromatic N) is 1. The van der Waals surface area contributed by atoms with Crippen LogP contribution in [-0.2, 0) is 19.9 Å². The van der Waals surface area contributed by atoms with Gasteiger partial charge in [-0.15, -0.1) is 0 Å². The van der Waals surface area contributed by atoms with Crippen LogP contribution in [0.15, 0.2) is 0 Å². The lowest BCUT2D eigenvalue weighted by Crippen LogP contribution is -2.51. The summed E-state index contributed by atoms with van der Waals surface area (Å²) in [6.45, 7) is 4.90. The van der Waals surface area contributed by atoms with Crippen molar-refractivity contribution in [1.82, 2.24) is 9.62 Å². The molecule has 0 bridgehead atoms. The van der Waals surface area contributed by atoms with Gasteiger partial charge in [0.25, 0.3) is 0 Å². The first-order valence-corrected chi connectivity index (χ1v) is 9.84. The van der Waals surface area contributed by atoms with Gasteiger partial charge in [0.05, 0.1) is 16.3 Å². The van der Waals surface area contributed by atoms with Crippen molar-refractivity contribution >= 4 is 19.9 Å². The molecule has 2 aliphatic heterocycles. The van der Waals surface area contributed by atoms with E-state index >= 15 is 0 Å². The molecular weight excluding hydrogens is 288 g/mol. The van der Waals surface area contributed by atoms with Crippen LogP contribution in [-0.4, -0.2) is 63.1 Å². The zero-order chi connectivity index (χ0) is 14.3. The first kappa shape index (κ1) is 15.2. The van der Waals surface area contributed by atoms with Crippen molar-refractivity contribution in [1.29, 1.82) is 0 Å². The van der Waals surface area contributed by atoms with Gasteiger partial charge in [-0.05, 0) is 26.7 Å². The Morgan fingerprint density at radius 2 is 1.68 bits per heavy atom. The van der Waals surface area contributed by atoms with Crippen LogP contribution in [0.4, 0.5) is 0 Å². The molecule has 0 aromatic carbocycles. The van der Waals surface area contributed by atoms with Crippen molar-refractivity contribution in [2.75, 3.05) is 31.1 Å². The monoisotopic (exact) mass is 310 g/mol. The zero-order valence-corrected chi connectivity index (χ0v) is 13.1. The zero-order valence-electron chi connectivity index (χ0n) is 11.4. The highest BCUT2D eigenvalue weighted by atomic mass is 32.2. The van der Waals surface area contributed by atoms with E-state index in [2.05, 4.69) is 5.32 Å². The molecule has 2 heterocycles. The summed E-state index contributed by atoms with van der Waals surface area (Å²) < 4.78 is 48.9. The molecule has 8 heteroatoms. The van der Waals surface area contributed by atoms with E-state index in [9.17, 15) is 16.8 Å². The maximum Gasteiger partial charge on any atom is 0.220 e. The van der Waals surface area contributed by atoms with Gasteiger partial charge in [-0.1, -0.05) is 0 Å². The number of nitrogens with one attached hydrogen (secondary N) is 1. The summed E-state index contributed by atoms with van der Waals surface area (Å²) in [6.07, 6.45) is 0.829. The Bertz CT molecular complexity index is 525. The number of rotatable bonds is 1. The summed E-state index contributed by atoms with van der Waals surface area (Å²) in [7, 11) is -6.37. The quantitative estimate of drug-likeness (QED) is 0.711. The second-order valence-electron chi connectivity index (χ2n) is 5.94. The average molecular weight is 310 g/mol. The van der Waals surface area contributed by atoms with Crippen LogP contribution in [0, 0.1) is 0 Å². The van der Waals surface area contributed by atoms with Gasteiger partial charge >= 0.3 is 0 Å². The van der Waals surface area contributed by atoms with E-state index in [1.54, 1.807) is 13.8 Å². The third kappa shape index (κ3) is 2.96. The smallest absolute Gasteiger partial charge is 0.220 e. The molecule has 112 valence electrons. The van der Waals surface area contributed by atoms with E-state index in [0.717, 1.165) is 0 Å². The van der Waals surface area contributed by atoms with Crippen molar-refractivity contribution in [3.05, 3.63) is 0 Å². The lowest BCUT2D eigenvalue weighted by Gasteiger charge is -2.36. The molecular formula is C11H22N2O4S2. The molecule has 0 amide bonds. The van der Waals surface area contributed by atoms with E-state index in [1.807, 2.05) is 0 Å². The molecule has 6 nitrogen and oxygen atoms in total. The number of hydrogen-bond donors (Lipinski definition) is 1. The van der Waals surface area contributed by atoms with Crippen LogP contribution in [0.1, 0.15) is 26.7 Å². The SMILES string of the molecule is CC1(C)CNCCN(C2CCS(=O)(=O)CC2)S1(=O)=O. The van der Waals surface area contributed by atoms with E-state index in [0.29, 0.717) is 32.5 Å². The predicted octanol–water partition coefficient (Wildman–Crippen LogP) is -0.423. The fraction of sp³-hybridized carbons (Fsp3) is 1.00. The maximum absolute atomic E-state index is 12.7. The van der Waals surface area contributed by atoms with Gasteiger partial charge in [-0.2, -0.15) is 4.31 Å². The lowest BCUT2D eigenvalue weighted by molar-refractivity contribution is 0.301. The summed E-state index contributed by atoms with van der Waals surface area (Å²) in [5, 5.41) is 3.14. The lowest BCUT2D eigenvalue weighted by atomic mass is 10.1. The molecule has 2 fully saturated rings. The molecule has 0 aromatic rings. The molecule has 2 rings (SSSR count). The van der Waals surface area contributed by atoms with Gasteiger partial charge in [-0.25, -0.2) is 16.8 Å². The summed E-state index contributed by atoms with van der Waals surface area (Å²) in [5.74, 6) is 0.190. The van der Waals surface area contributed by atoms with Gasteiger partial charge in [-0.3, -0.25) is 0 Å². The van der Waals surface area contributed by atoms with E-state index in [1.165, 1.54) is 4.31 Å². The summed E-state index contributed by atoms with van der Waals surface area (Å²) in [5.41, 5.74) is 0. The standard InChI is InChI=1S/C11H22N2O4S2/c1-11(2)9-12-5-6-13(19(11,16)17)10-3-7-18(14,15)8-4-10/h10,12H,3-9H2,1-2H3. The molecule has 2 saturated heterocycles. The van der Waals surface area contributed by atoms with Crippen LogP contribution >= 0.6 is 0 Å². The molecule has 0 spiro atoms. The van der Waals surface area contributed by atoms with Crippen LogP contribution in [0.3, 0.4) is 0 Å². The van der Waals surface area contributed by atoms with Gasteiger partial charge in [0.15, 0.2) is 0 Å². The van der Waals surface area contributed by atoms with Gasteiger partial charge in [0, 0.05) is 25.7 Å². The molecule has 0 aliphatic carbocycles. The summed E-state index contributed by atoms with van der Waals surface area (Å²) >= 11 is 0. The van der Waals surface area contributed by atoms with Gasteiger partial charge in [0.1, 0.15) is 9.84 Å². The third-order valence-electron chi connectivity index (χ3n) is 4.00. The normalized spacial score (nSPS) is 31.7. The second kappa shape index (κ2) is 4.98. The van der Waals surface area contributed by atoms with E-state index in [-0.39, 0.29) is 17.5 Å². The number of hydrogen-bond acceptors (Lipinski definition) is 5. The first-order valence-electron chi connectivity index (χ1n) is 6.58. The molecule has 0 atom stereocenters. The van der Waals surface area contributed by atoms with Crippen LogP contribution in [0.5, 0.6) is 0 Å². The fourth-order valence-electron chi connectivity index (χ4n) is 2.65. The van der Waals surface area contributed by atoms with Gasteiger partial charge in [0.2, 0.25) is 10.0 Å². The Labute approximate surface area is 115 Å². The minimum Gasteiger partial charge on any atom is -0.314 e. The summed E-state index contributed by atoms with van der Waals surface area (Å²) in [4.78, 5) is 0. The Morgan fingerprint density at radius 1 is 1.11 bits per heavy atom. The van der Waals surface area contributed by atoms with Crippen LogP contribution in [0.2, 0.25) is 0 Å². The average Bonchev–Trinajstić information content (AvgIpc) is 2.38. The topological polar surface area (TPSA) is 83.6 Å². The highest BCUT2D eigenvalue weighted by Crippen LogP contribution is 2.28. The van der Waals surface area contributed by atoms with Crippen molar-refractivity contribution < 1.29 is 16.8 Å². The largest absolute Gasteiger partial charge is 0.314 e. The van der Waals surface area contributed by atoms with E-state index in [4.69, 9.17) is 0 Å². The Kier molecular flexibility index (Phi) is 3.99. The van der Waals surface area contributed by atoms with Crippen molar-refractivity contribution in [3.63, 3.8) is 0 Å².